The summed E-state index contributed by atoms with van der Waals surface area (Å²) in [6, 6.07) is 6.49. The molecular weight excluding hydrogens is 484 g/mol. The summed E-state index contributed by atoms with van der Waals surface area (Å²) in [6.45, 7) is 7.95. The van der Waals surface area contributed by atoms with Crippen LogP contribution >= 0.6 is 15.9 Å². The first-order valence-electron chi connectivity index (χ1n) is 10.3. The quantitative estimate of drug-likeness (QED) is 0.447. The SMILES string of the molecule is COC12OCC3(C)C4=CCC(C)C4(C1=O)C(Br)=C(OS(=O)(=O)c1ccc(C)cc1)C32C. The Bertz CT molecular complexity index is 1180. The van der Waals surface area contributed by atoms with E-state index in [1.54, 1.807) is 12.1 Å². The zero-order chi connectivity index (χ0) is 22.6. The highest BCUT2D eigenvalue weighted by atomic mass is 79.9. The van der Waals surface area contributed by atoms with E-state index in [1.807, 2.05) is 27.7 Å². The molecule has 166 valence electrons. The summed E-state index contributed by atoms with van der Waals surface area (Å²) in [7, 11) is -2.71. The highest BCUT2D eigenvalue weighted by Crippen LogP contribution is 2.79. The van der Waals surface area contributed by atoms with Crippen LogP contribution in [0.4, 0.5) is 0 Å². The molecule has 0 aromatic heterocycles. The third kappa shape index (κ3) is 2.07. The van der Waals surface area contributed by atoms with Crippen LogP contribution in [-0.2, 0) is 28.6 Å². The number of aryl methyl sites for hydroxylation is 1. The van der Waals surface area contributed by atoms with Crippen molar-refractivity contribution >= 4 is 31.8 Å². The monoisotopic (exact) mass is 508 g/mol. The first-order chi connectivity index (χ1) is 14.4. The van der Waals surface area contributed by atoms with Crippen molar-refractivity contribution in [3.8, 4) is 0 Å². The number of allylic oxidation sites excluding steroid dienone is 2. The molecule has 1 spiro atoms. The van der Waals surface area contributed by atoms with Crippen LogP contribution in [0.15, 0.2) is 51.1 Å². The van der Waals surface area contributed by atoms with Gasteiger partial charge in [0.1, 0.15) is 16.1 Å². The molecule has 6 nitrogen and oxygen atoms in total. The van der Waals surface area contributed by atoms with Gasteiger partial charge < -0.3 is 13.7 Å². The van der Waals surface area contributed by atoms with Crippen LogP contribution in [-0.4, -0.2) is 33.7 Å². The fourth-order valence-electron chi connectivity index (χ4n) is 6.27. The largest absolute Gasteiger partial charge is 0.382 e. The Balaban J connectivity index is 1.78. The molecule has 1 aliphatic heterocycles. The second-order valence-electron chi connectivity index (χ2n) is 9.45. The standard InChI is InChI=1S/C23H25BrO6S/c1-13-6-9-15(10-7-13)31(26,27)30-18-17(24)22-14(2)8-11-16(22)20(3)12-29-23(28-5,19(22)25)21(18,20)4/h6-7,9-11,14H,8,12H2,1-5H3. The minimum absolute atomic E-state index is 0.0555. The lowest BCUT2D eigenvalue weighted by Crippen LogP contribution is -2.71. The average molecular weight is 509 g/mol. The number of hydrogen-bond acceptors (Lipinski definition) is 6. The topological polar surface area (TPSA) is 78.9 Å². The van der Waals surface area contributed by atoms with Crippen molar-refractivity contribution in [3.05, 3.63) is 51.7 Å². The third-order valence-electron chi connectivity index (χ3n) is 8.21. The lowest BCUT2D eigenvalue weighted by Gasteiger charge is -2.62. The number of hydrogen-bond donors (Lipinski definition) is 0. The second-order valence-corrected chi connectivity index (χ2v) is 11.8. The molecule has 31 heavy (non-hydrogen) atoms. The molecule has 1 aromatic carbocycles. The summed E-state index contributed by atoms with van der Waals surface area (Å²) in [5.74, 6) is -1.71. The fourth-order valence-corrected chi connectivity index (χ4v) is 8.68. The number of carbonyl (C=O) groups is 1. The van der Waals surface area contributed by atoms with Gasteiger partial charge in [0, 0.05) is 12.5 Å². The first-order valence-corrected chi connectivity index (χ1v) is 12.5. The predicted octanol–water partition coefficient (Wildman–Crippen LogP) is 4.24. The Morgan fingerprint density at radius 2 is 1.84 bits per heavy atom. The van der Waals surface area contributed by atoms with Gasteiger partial charge in [0.2, 0.25) is 11.6 Å². The lowest BCUT2D eigenvalue weighted by atomic mass is 9.42. The van der Waals surface area contributed by atoms with Crippen LogP contribution < -0.4 is 0 Å². The Morgan fingerprint density at radius 3 is 2.45 bits per heavy atom. The Morgan fingerprint density at radius 1 is 1.19 bits per heavy atom. The molecule has 1 saturated carbocycles. The van der Waals surface area contributed by atoms with Crippen LogP contribution in [0.3, 0.4) is 0 Å². The summed E-state index contributed by atoms with van der Waals surface area (Å²) in [5.41, 5.74) is -0.967. The van der Waals surface area contributed by atoms with Crippen LogP contribution in [0, 0.1) is 29.1 Å². The van der Waals surface area contributed by atoms with Gasteiger partial charge in [-0.3, -0.25) is 4.79 Å². The molecule has 0 N–H and O–H groups in total. The molecule has 1 heterocycles. The number of halogens is 1. The average Bonchev–Trinajstić information content (AvgIpc) is 3.17. The van der Waals surface area contributed by atoms with E-state index in [0.717, 1.165) is 11.1 Å². The number of ether oxygens (including phenoxy) is 2. The summed E-state index contributed by atoms with van der Waals surface area (Å²) >= 11 is 3.64. The van der Waals surface area contributed by atoms with Crippen molar-refractivity contribution in [2.75, 3.05) is 13.7 Å². The van der Waals surface area contributed by atoms with Crippen molar-refractivity contribution in [1.29, 1.82) is 0 Å². The molecule has 0 amide bonds. The van der Waals surface area contributed by atoms with Crippen LogP contribution in [0.2, 0.25) is 0 Å². The van der Waals surface area contributed by atoms with E-state index >= 15 is 0 Å². The number of methoxy groups -OCH3 is 1. The summed E-state index contributed by atoms with van der Waals surface area (Å²) in [5, 5.41) is 0. The van der Waals surface area contributed by atoms with Gasteiger partial charge in [-0.15, -0.1) is 0 Å². The molecule has 1 aromatic rings. The van der Waals surface area contributed by atoms with E-state index in [9.17, 15) is 13.2 Å². The van der Waals surface area contributed by atoms with Crippen molar-refractivity contribution in [2.24, 2.45) is 22.2 Å². The maximum atomic E-state index is 14.0. The van der Waals surface area contributed by atoms with Gasteiger partial charge in [0.25, 0.3) is 0 Å². The number of benzene rings is 1. The van der Waals surface area contributed by atoms with Crippen LogP contribution in [0.1, 0.15) is 32.8 Å². The molecule has 6 rings (SSSR count). The number of ketones is 1. The summed E-state index contributed by atoms with van der Waals surface area (Å²) in [6.07, 6.45) is 2.82. The van der Waals surface area contributed by atoms with Gasteiger partial charge in [0.05, 0.1) is 16.5 Å². The van der Waals surface area contributed by atoms with Crippen LogP contribution in [0.5, 0.6) is 0 Å². The van der Waals surface area contributed by atoms with Gasteiger partial charge in [0.15, 0.2) is 0 Å². The third-order valence-corrected chi connectivity index (χ3v) is 10.4. The highest BCUT2D eigenvalue weighted by Gasteiger charge is 2.86. The molecule has 4 aliphatic carbocycles. The van der Waals surface area contributed by atoms with Crippen molar-refractivity contribution in [1.82, 2.24) is 0 Å². The summed E-state index contributed by atoms with van der Waals surface area (Å²) in [4.78, 5) is 14.1. The summed E-state index contributed by atoms with van der Waals surface area (Å²) < 4.78 is 44.9. The van der Waals surface area contributed by atoms with Gasteiger partial charge in [-0.1, -0.05) is 53.5 Å². The Kier molecular flexibility index (Phi) is 4.20. The zero-order valence-electron chi connectivity index (χ0n) is 18.1. The van der Waals surface area contributed by atoms with Crippen molar-refractivity contribution < 1.29 is 26.9 Å². The van der Waals surface area contributed by atoms with E-state index in [4.69, 9.17) is 13.7 Å². The first kappa shape index (κ1) is 21.4. The van der Waals surface area contributed by atoms with Gasteiger partial charge in [-0.2, -0.15) is 8.42 Å². The van der Waals surface area contributed by atoms with Gasteiger partial charge in [-0.25, -0.2) is 0 Å². The van der Waals surface area contributed by atoms with E-state index in [-0.39, 0.29) is 29.0 Å². The van der Waals surface area contributed by atoms with Crippen molar-refractivity contribution in [2.45, 2.75) is 44.8 Å². The van der Waals surface area contributed by atoms with E-state index in [1.165, 1.54) is 19.2 Å². The van der Waals surface area contributed by atoms with Crippen LogP contribution in [0.25, 0.3) is 0 Å². The molecular formula is C23H25BrO6S. The van der Waals surface area contributed by atoms with Gasteiger partial charge in [-0.05, 0) is 43.9 Å². The predicted molar refractivity (Wildman–Crippen MR) is 117 cm³/mol. The fraction of sp³-hybridized carbons (Fsp3) is 0.522. The molecule has 4 bridgehead atoms. The number of Topliss-reactive ketones (excluding diaryl/α,β-unsaturated/α-hetero) is 1. The van der Waals surface area contributed by atoms with E-state index < -0.39 is 32.2 Å². The molecule has 1 saturated heterocycles. The maximum Gasteiger partial charge on any atom is 0.338 e. The number of rotatable bonds is 4. The van der Waals surface area contributed by atoms with Crippen molar-refractivity contribution in [3.63, 3.8) is 0 Å². The number of carbonyl (C=O) groups excluding carboxylic acids is 1. The van der Waals surface area contributed by atoms with E-state index in [2.05, 4.69) is 22.0 Å². The Labute approximate surface area is 190 Å². The van der Waals surface area contributed by atoms with E-state index in [0.29, 0.717) is 10.9 Å². The molecule has 5 unspecified atom stereocenters. The molecule has 5 atom stereocenters. The zero-order valence-corrected chi connectivity index (χ0v) is 20.5. The minimum atomic E-state index is -4.15. The van der Waals surface area contributed by atoms with Gasteiger partial charge >= 0.3 is 10.1 Å². The lowest BCUT2D eigenvalue weighted by molar-refractivity contribution is -0.247. The minimum Gasteiger partial charge on any atom is -0.382 e. The smallest absolute Gasteiger partial charge is 0.338 e. The second kappa shape index (κ2) is 6.10. The molecule has 0 radical (unpaired) electrons. The molecule has 5 aliphatic rings. The normalized spacial score (nSPS) is 40.9. The Hall–Kier alpha value is -1.48. The maximum absolute atomic E-state index is 14.0. The highest BCUT2D eigenvalue weighted by molar-refractivity contribution is 9.11. The molecule has 2 fully saturated rings. The molecule has 8 heteroatoms.